The molecule has 5 aliphatic rings. The summed E-state index contributed by atoms with van der Waals surface area (Å²) < 4.78 is 61.5. The van der Waals surface area contributed by atoms with Crippen LogP contribution in [0.1, 0.15) is 38.2 Å². The summed E-state index contributed by atoms with van der Waals surface area (Å²) in [5.74, 6) is -1.65. The van der Waals surface area contributed by atoms with Gasteiger partial charge in [-0.25, -0.2) is 13.2 Å². The molecule has 1 aromatic heterocycles. The summed E-state index contributed by atoms with van der Waals surface area (Å²) in [5, 5.41) is 25.7. The van der Waals surface area contributed by atoms with E-state index in [1.807, 2.05) is 30.0 Å². The molecule has 6 heterocycles. The van der Waals surface area contributed by atoms with Gasteiger partial charge in [-0.2, -0.15) is 9.97 Å². The molecule has 48 heavy (non-hydrogen) atoms. The molecule has 0 radical (unpaired) electrons. The number of aliphatic hydroxyl groups is 1. The second-order valence-corrected chi connectivity index (χ2v) is 14.3. The van der Waals surface area contributed by atoms with Crippen LogP contribution in [0.2, 0.25) is 0 Å². The number of hydrogen-bond donors (Lipinski definition) is 3. The lowest BCUT2D eigenvalue weighted by Crippen LogP contribution is -2.60. The number of halogens is 3. The van der Waals surface area contributed by atoms with Gasteiger partial charge in [0, 0.05) is 44.7 Å². The Bertz CT molecular complexity index is 1960. The number of aromatic hydroxyl groups is 1. The number of phenolic OH excluding ortho intramolecular Hbond substituents is 1. The summed E-state index contributed by atoms with van der Waals surface area (Å²) in [7, 11) is 0. The van der Waals surface area contributed by atoms with E-state index in [-0.39, 0.29) is 96.4 Å². The van der Waals surface area contributed by atoms with Gasteiger partial charge in [-0.1, -0.05) is 25.1 Å². The first-order valence-corrected chi connectivity index (χ1v) is 17.0. The minimum absolute atomic E-state index is 0.00431. The highest BCUT2D eigenvalue weighted by molar-refractivity contribution is 6.05. The predicted octanol–water partition coefficient (Wildman–Crippen LogP) is 4.87. The van der Waals surface area contributed by atoms with Crippen molar-refractivity contribution in [2.75, 3.05) is 44.4 Å². The minimum Gasteiger partial charge on any atom is -0.508 e. The normalized spacial score (nSPS) is 29.3. The van der Waals surface area contributed by atoms with E-state index in [0.29, 0.717) is 42.5 Å². The number of piperazine rings is 1. The van der Waals surface area contributed by atoms with Gasteiger partial charge in [0.15, 0.2) is 17.4 Å². The smallest absolute Gasteiger partial charge is 0.319 e. The SMILES string of the molecule is CCc1cccc2cc(O)cc(-c3c(F)c4c5c(nc(OC[C@]67C[C@@H](F)CN6C[C@H](CO)C7)nc5c3F)N3CC5CCC(N5)C3CO4)c12. The molecule has 3 unspecified atom stereocenters. The molecule has 5 aliphatic heterocycles. The molecule has 3 aromatic carbocycles. The van der Waals surface area contributed by atoms with Crippen molar-refractivity contribution in [3.63, 3.8) is 0 Å². The topological polar surface area (TPSA) is 103 Å². The number of benzene rings is 3. The number of ether oxygens (including phenoxy) is 2. The molecule has 4 aromatic rings. The molecule has 0 saturated carbocycles. The Labute approximate surface area is 275 Å². The molecule has 4 fully saturated rings. The van der Waals surface area contributed by atoms with Gasteiger partial charge in [0.25, 0.3) is 0 Å². The summed E-state index contributed by atoms with van der Waals surface area (Å²) in [6, 6.07) is 8.59. The van der Waals surface area contributed by atoms with Gasteiger partial charge in [-0.05, 0) is 65.6 Å². The minimum atomic E-state index is -1.01. The van der Waals surface area contributed by atoms with Crippen LogP contribution < -0.4 is 19.7 Å². The van der Waals surface area contributed by atoms with Crippen LogP contribution in [0.5, 0.6) is 17.5 Å². The lowest BCUT2D eigenvalue weighted by molar-refractivity contribution is 0.107. The Kier molecular flexibility index (Phi) is 6.97. The Morgan fingerprint density at radius 2 is 1.96 bits per heavy atom. The van der Waals surface area contributed by atoms with Gasteiger partial charge >= 0.3 is 6.01 Å². The van der Waals surface area contributed by atoms with Crippen molar-refractivity contribution in [2.24, 2.45) is 5.92 Å². The molecule has 12 heteroatoms. The number of hydrogen-bond acceptors (Lipinski definition) is 9. The first-order chi connectivity index (χ1) is 23.3. The third-order valence-electron chi connectivity index (χ3n) is 11.4. The van der Waals surface area contributed by atoms with Gasteiger partial charge in [0.2, 0.25) is 0 Å². The van der Waals surface area contributed by atoms with E-state index in [4.69, 9.17) is 14.5 Å². The lowest BCUT2D eigenvalue weighted by atomic mass is 9.91. The van der Waals surface area contributed by atoms with Crippen molar-refractivity contribution in [1.29, 1.82) is 0 Å². The van der Waals surface area contributed by atoms with E-state index in [9.17, 15) is 14.6 Å². The standard InChI is InChI=1S/C36H38F3N5O4/c1-2-19-4-3-5-20-8-23(46)9-24(27(19)20)28-30(38)32-29-33(31(28)39)47-16-26-25-7-6-22(40-25)14-44(26)34(29)42-35(41-32)48-17-36-10-18(15-45)12-43(36)13-21(37)11-36/h3-5,8-9,18,21-22,25-26,40,45-46H,2,6-7,10-17H2,1H3/t18-,21-,22?,25?,26?,36+/m1/s1. The number of aromatic nitrogens is 2. The first-order valence-electron chi connectivity index (χ1n) is 17.0. The number of phenols is 1. The van der Waals surface area contributed by atoms with Gasteiger partial charge < -0.3 is 29.9 Å². The number of alkyl halides is 1. The van der Waals surface area contributed by atoms with E-state index in [0.717, 1.165) is 18.4 Å². The second-order valence-electron chi connectivity index (χ2n) is 14.3. The first kappa shape index (κ1) is 30.2. The molecule has 3 N–H and O–H groups in total. The number of nitrogens with zero attached hydrogens (tertiary/aromatic N) is 4. The van der Waals surface area contributed by atoms with Crippen LogP contribution in [0.4, 0.5) is 19.0 Å². The maximum Gasteiger partial charge on any atom is 0.319 e. The monoisotopic (exact) mass is 661 g/mol. The maximum absolute atomic E-state index is 17.2. The molecule has 2 bridgehead atoms. The summed E-state index contributed by atoms with van der Waals surface area (Å²) in [4.78, 5) is 13.5. The predicted molar refractivity (Wildman–Crippen MR) is 175 cm³/mol. The van der Waals surface area contributed by atoms with E-state index in [1.165, 1.54) is 6.07 Å². The largest absolute Gasteiger partial charge is 0.508 e. The fourth-order valence-corrected chi connectivity index (χ4v) is 9.33. The summed E-state index contributed by atoms with van der Waals surface area (Å²) in [5.41, 5.74) is -0.0172. The Morgan fingerprint density at radius 3 is 2.79 bits per heavy atom. The highest BCUT2D eigenvalue weighted by Crippen LogP contribution is 2.49. The van der Waals surface area contributed by atoms with Crippen LogP contribution in [0.3, 0.4) is 0 Å². The van der Waals surface area contributed by atoms with Crippen molar-refractivity contribution in [3.05, 3.63) is 47.5 Å². The molecule has 0 spiro atoms. The zero-order valence-electron chi connectivity index (χ0n) is 26.7. The van der Waals surface area contributed by atoms with Gasteiger partial charge in [0.05, 0.1) is 22.5 Å². The number of aryl methyl sites for hydroxylation is 1. The van der Waals surface area contributed by atoms with Crippen LogP contribution in [0.15, 0.2) is 30.3 Å². The molecule has 4 saturated heterocycles. The van der Waals surface area contributed by atoms with Crippen LogP contribution >= 0.6 is 0 Å². The van der Waals surface area contributed by atoms with E-state index >= 15 is 8.78 Å². The van der Waals surface area contributed by atoms with E-state index in [1.54, 1.807) is 6.07 Å². The molecule has 9 rings (SSSR count). The van der Waals surface area contributed by atoms with Gasteiger partial charge in [0.1, 0.15) is 36.5 Å². The quantitative estimate of drug-likeness (QED) is 0.267. The number of anilines is 1. The fraction of sp³-hybridized carbons (Fsp3) is 0.500. The van der Waals surface area contributed by atoms with E-state index < -0.39 is 23.3 Å². The third kappa shape index (κ3) is 4.48. The molecular weight excluding hydrogens is 623 g/mol. The second kappa shape index (κ2) is 11.1. The van der Waals surface area contributed by atoms with E-state index in [2.05, 4.69) is 15.2 Å². The Hall–Kier alpha value is -3.87. The summed E-state index contributed by atoms with van der Waals surface area (Å²) in [6.45, 7) is 3.63. The van der Waals surface area contributed by atoms with Crippen molar-refractivity contribution in [2.45, 2.75) is 68.9 Å². The number of nitrogens with one attached hydrogen (secondary N) is 1. The number of aliphatic hydroxyl groups excluding tert-OH is 1. The zero-order valence-corrected chi connectivity index (χ0v) is 26.7. The third-order valence-corrected chi connectivity index (χ3v) is 11.4. The average molecular weight is 662 g/mol. The van der Waals surface area contributed by atoms with Crippen molar-refractivity contribution in [3.8, 4) is 28.6 Å². The summed E-state index contributed by atoms with van der Waals surface area (Å²) in [6.07, 6.45) is 2.33. The van der Waals surface area contributed by atoms with Crippen LogP contribution in [-0.4, -0.2) is 94.4 Å². The molecule has 6 atom stereocenters. The molecule has 9 nitrogen and oxygen atoms in total. The van der Waals surface area contributed by atoms with Crippen LogP contribution in [0.25, 0.3) is 32.8 Å². The number of fused-ring (bicyclic) bond motifs is 7. The zero-order chi connectivity index (χ0) is 32.9. The maximum atomic E-state index is 17.2. The highest BCUT2D eigenvalue weighted by Gasteiger charge is 2.53. The average Bonchev–Trinajstić information content (AvgIpc) is 3.68. The van der Waals surface area contributed by atoms with Crippen LogP contribution in [0, 0.1) is 17.6 Å². The number of rotatable bonds is 6. The van der Waals surface area contributed by atoms with Crippen molar-refractivity contribution < 1.29 is 32.9 Å². The Balaban J connectivity index is 1.24. The fourth-order valence-electron chi connectivity index (χ4n) is 9.33. The molecule has 0 amide bonds. The Morgan fingerprint density at radius 1 is 1.08 bits per heavy atom. The van der Waals surface area contributed by atoms with Gasteiger partial charge in [-0.15, -0.1) is 0 Å². The molecule has 0 aliphatic carbocycles. The van der Waals surface area contributed by atoms with Gasteiger partial charge in [-0.3, -0.25) is 4.90 Å². The summed E-state index contributed by atoms with van der Waals surface area (Å²) >= 11 is 0. The van der Waals surface area contributed by atoms with Crippen LogP contribution in [-0.2, 0) is 6.42 Å². The molecule has 252 valence electrons. The van der Waals surface area contributed by atoms with Crippen molar-refractivity contribution >= 4 is 27.5 Å². The van der Waals surface area contributed by atoms with Crippen molar-refractivity contribution in [1.82, 2.24) is 20.2 Å². The molecular formula is C36H38F3N5O4. The lowest BCUT2D eigenvalue weighted by Gasteiger charge is -2.40. The highest BCUT2D eigenvalue weighted by atomic mass is 19.1.